The molecule has 2 nitrogen and oxygen atoms in total. The molecule has 18 heavy (non-hydrogen) atoms. The van der Waals surface area contributed by atoms with Crippen LogP contribution in [0.15, 0.2) is 0 Å². The monoisotopic (exact) mass is 254 g/mol. The highest BCUT2D eigenvalue weighted by atomic mass is 15.1. The molecule has 1 unspecified atom stereocenters. The Kier molecular flexibility index (Phi) is 8.70. The maximum Gasteiger partial charge on any atom is 0.00218 e. The number of unbranched alkanes of at least 4 members (excludes halogenated alkanes) is 4. The number of likely N-dealkylation sites (tertiary alicyclic amines) is 1. The van der Waals surface area contributed by atoms with Crippen molar-refractivity contribution in [1.82, 2.24) is 10.2 Å². The molecular weight excluding hydrogens is 220 g/mol. The minimum atomic E-state index is 0.634. The Morgan fingerprint density at radius 3 is 2.67 bits per heavy atom. The van der Waals surface area contributed by atoms with Crippen LogP contribution in [0.4, 0.5) is 0 Å². The lowest BCUT2D eigenvalue weighted by Gasteiger charge is -2.33. The molecule has 0 aromatic heterocycles. The third-order valence-corrected chi connectivity index (χ3v) is 4.00. The lowest BCUT2D eigenvalue weighted by molar-refractivity contribution is 0.168. The first kappa shape index (κ1) is 16.0. The van der Waals surface area contributed by atoms with Gasteiger partial charge in [0.2, 0.25) is 0 Å². The lowest BCUT2D eigenvalue weighted by Crippen LogP contribution is -2.41. The van der Waals surface area contributed by atoms with Gasteiger partial charge in [-0.3, -0.25) is 0 Å². The van der Waals surface area contributed by atoms with Crippen LogP contribution in [0.5, 0.6) is 0 Å². The summed E-state index contributed by atoms with van der Waals surface area (Å²) in [5.41, 5.74) is 0. The summed E-state index contributed by atoms with van der Waals surface area (Å²) in [7, 11) is 0. The highest BCUT2D eigenvalue weighted by Gasteiger charge is 2.19. The van der Waals surface area contributed by atoms with Crippen LogP contribution in [0.2, 0.25) is 0 Å². The van der Waals surface area contributed by atoms with Gasteiger partial charge in [0, 0.05) is 12.6 Å². The summed E-state index contributed by atoms with van der Waals surface area (Å²) in [6.45, 7) is 12.0. The predicted octanol–water partition coefficient (Wildman–Crippen LogP) is 3.67. The zero-order valence-electron chi connectivity index (χ0n) is 12.9. The van der Waals surface area contributed by atoms with Crippen molar-refractivity contribution in [3.8, 4) is 0 Å². The number of piperidine rings is 1. The van der Waals surface area contributed by atoms with Crippen molar-refractivity contribution in [2.45, 2.75) is 71.8 Å². The second-order valence-corrected chi connectivity index (χ2v) is 6.29. The second-order valence-electron chi connectivity index (χ2n) is 6.29. The van der Waals surface area contributed by atoms with Crippen LogP contribution in [0, 0.1) is 5.92 Å². The van der Waals surface area contributed by atoms with Gasteiger partial charge in [0.1, 0.15) is 0 Å². The van der Waals surface area contributed by atoms with E-state index in [0.29, 0.717) is 6.04 Å². The minimum Gasteiger partial charge on any atom is -0.314 e. The Hall–Kier alpha value is -0.0800. The molecule has 0 spiro atoms. The molecule has 0 saturated carbocycles. The maximum atomic E-state index is 3.59. The zero-order valence-corrected chi connectivity index (χ0v) is 12.9. The molecule has 0 aromatic carbocycles. The van der Waals surface area contributed by atoms with Gasteiger partial charge in [-0.05, 0) is 44.8 Å². The van der Waals surface area contributed by atoms with E-state index in [2.05, 4.69) is 31.0 Å². The van der Waals surface area contributed by atoms with E-state index < -0.39 is 0 Å². The van der Waals surface area contributed by atoms with Crippen LogP contribution in [0.3, 0.4) is 0 Å². The molecule has 0 bridgehead atoms. The average molecular weight is 254 g/mol. The molecule has 1 heterocycles. The van der Waals surface area contributed by atoms with Gasteiger partial charge in [0.25, 0.3) is 0 Å². The summed E-state index contributed by atoms with van der Waals surface area (Å²) in [5.74, 6) is 0.886. The highest BCUT2D eigenvalue weighted by molar-refractivity contribution is 4.75. The fraction of sp³-hybridized carbons (Fsp3) is 1.00. The van der Waals surface area contributed by atoms with E-state index in [9.17, 15) is 0 Å². The largest absolute Gasteiger partial charge is 0.314 e. The Labute approximate surface area is 115 Å². The Morgan fingerprint density at radius 2 is 1.94 bits per heavy atom. The van der Waals surface area contributed by atoms with Gasteiger partial charge in [0.15, 0.2) is 0 Å². The van der Waals surface area contributed by atoms with Crippen molar-refractivity contribution in [2.24, 2.45) is 5.92 Å². The molecule has 1 fully saturated rings. The number of nitrogens with zero attached hydrogens (tertiary/aromatic N) is 1. The SMILES string of the molecule is CCCCCCCN1CCCC(CNC(C)C)C1. The molecule has 1 rings (SSSR count). The van der Waals surface area contributed by atoms with Gasteiger partial charge >= 0.3 is 0 Å². The van der Waals surface area contributed by atoms with Gasteiger partial charge in [0.05, 0.1) is 0 Å². The first-order valence-electron chi connectivity index (χ1n) is 8.18. The van der Waals surface area contributed by atoms with Gasteiger partial charge in [-0.2, -0.15) is 0 Å². The fourth-order valence-electron chi connectivity index (χ4n) is 2.86. The summed E-state index contributed by atoms with van der Waals surface area (Å²) >= 11 is 0. The van der Waals surface area contributed by atoms with E-state index in [1.807, 2.05) is 0 Å². The van der Waals surface area contributed by atoms with Crippen molar-refractivity contribution in [1.29, 1.82) is 0 Å². The lowest BCUT2D eigenvalue weighted by atomic mass is 9.97. The standard InChI is InChI=1S/C16H34N2/c1-4-5-6-7-8-11-18-12-9-10-16(14-18)13-17-15(2)3/h15-17H,4-14H2,1-3H3. The Bertz CT molecular complexity index is 192. The van der Waals surface area contributed by atoms with Gasteiger partial charge < -0.3 is 10.2 Å². The number of nitrogens with one attached hydrogen (secondary N) is 1. The maximum absolute atomic E-state index is 3.59. The van der Waals surface area contributed by atoms with Crippen molar-refractivity contribution in [3.63, 3.8) is 0 Å². The summed E-state index contributed by atoms with van der Waals surface area (Å²) in [4.78, 5) is 2.70. The smallest absolute Gasteiger partial charge is 0.00218 e. The molecule has 1 aliphatic heterocycles. The topological polar surface area (TPSA) is 15.3 Å². The third kappa shape index (κ3) is 7.38. The van der Waals surface area contributed by atoms with Gasteiger partial charge in [-0.25, -0.2) is 0 Å². The quantitative estimate of drug-likeness (QED) is 0.632. The number of hydrogen-bond acceptors (Lipinski definition) is 2. The van der Waals surface area contributed by atoms with E-state index in [4.69, 9.17) is 0 Å². The molecule has 1 N–H and O–H groups in total. The first-order valence-corrected chi connectivity index (χ1v) is 8.18. The van der Waals surface area contributed by atoms with E-state index in [0.717, 1.165) is 5.92 Å². The van der Waals surface area contributed by atoms with Crippen LogP contribution < -0.4 is 5.32 Å². The van der Waals surface area contributed by atoms with E-state index in [1.54, 1.807) is 0 Å². The van der Waals surface area contributed by atoms with E-state index in [-0.39, 0.29) is 0 Å². The van der Waals surface area contributed by atoms with Crippen LogP contribution in [0.25, 0.3) is 0 Å². The molecule has 2 heteroatoms. The predicted molar refractivity (Wildman–Crippen MR) is 81.1 cm³/mol. The molecule has 0 radical (unpaired) electrons. The number of rotatable bonds is 9. The summed E-state index contributed by atoms with van der Waals surface area (Å²) in [5, 5.41) is 3.59. The number of hydrogen-bond donors (Lipinski definition) is 1. The highest BCUT2D eigenvalue weighted by Crippen LogP contribution is 2.16. The van der Waals surface area contributed by atoms with Crippen LogP contribution >= 0.6 is 0 Å². The van der Waals surface area contributed by atoms with Crippen LogP contribution in [-0.4, -0.2) is 37.1 Å². The third-order valence-electron chi connectivity index (χ3n) is 4.00. The Balaban J connectivity index is 2.07. The summed E-state index contributed by atoms with van der Waals surface area (Å²) in [6.07, 6.45) is 9.87. The molecule has 0 aromatic rings. The summed E-state index contributed by atoms with van der Waals surface area (Å²) in [6, 6.07) is 0.634. The average Bonchev–Trinajstić information content (AvgIpc) is 2.37. The molecular formula is C16H34N2. The second kappa shape index (κ2) is 9.80. The van der Waals surface area contributed by atoms with Crippen molar-refractivity contribution in [3.05, 3.63) is 0 Å². The molecule has 1 atom stereocenters. The zero-order chi connectivity index (χ0) is 13.2. The van der Waals surface area contributed by atoms with Crippen molar-refractivity contribution >= 4 is 0 Å². The van der Waals surface area contributed by atoms with E-state index >= 15 is 0 Å². The van der Waals surface area contributed by atoms with Crippen LogP contribution in [0.1, 0.15) is 65.7 Å². The molecule has 0 aliphatic carbocycles. The summed E-state index contributed by atoms with van der Waals surface area (Å²) < 4.78 is 0. The molecule has 1 aliphatic rings. The molecule has 1 saturated heterocycles. The Morgan fingerprint density at radius 1 is 1.17 bits per heavy atom. The van der Waals surface area contributed by atoms with Crippen molar-refractivity contribution < 1.29 is 0 Å². The normalized spacial score (nSPS) is 21.7. The van der Waals surface area contributed by atoms with Crippen LogP contribution in [-0.2, 0) is 0 Å². The fourth-order valence-corrected chi connectivity index (χ4v) is 2.86. The van der Waals surface area contributed by atoms with Gasteiger partial charge in [-0.1, -0.05) is 46.5 Å². The first-order chi connectivity index (χ1) is 8.72. The molecule has 108 valence electrons. The minimum absolute atomic E-state index is 0.634. The van der Waals surface area contributed by atoms with Crippen molar-refractivity contribution in [2.75, 3.05) is 26.2 Å². The van der Waals surface area contributed by atoms with Gasteiger partial charge in [-0.15, -0.1) is 0 Å². The van der Waals surface area contributed by atoms with E-state index in [1.165, 1.54) is 71.1 Å². The molecule has 0 amide bonds.